The lowest BCUT2D eigenvalue weighted by Crippen LogP contribution is -2.31. The summed E-state index contributed by atoms with van der Waals surface area (Å²) >= 11 is 0. The Morgan fingerprint density at radius 1 is 0.340 bits per heavy atom. The number of amides is 5. The molecule has 0 aromatic heterocycles. The number of aliphatic hydroxyl groups excluding tert-OH is 1. The lowest BCUT2D eigenvalue weighted by molar-refractivity contribution is -0.136. The fraction of sp³-hybridized carbons (Fsp3) is 0.214. The van der Waals surface area contributed by atoms with Gasteiger partial charge in [-0.3, -0.25) is 28.8 Å². The van der Waals surface area contributed by atoms with Crippen LogP contribution in [0.15, 0.2) is 243 Å². The molecular weight excluding hydrogens is 1380 g/mol. The molecule has 0 radical (unpaired) electrons. The molecule has 0 saturated heterocycles. The number of carbonyl (C=O) groups excluding carboxylic acids is 6. The molecule has 0 heterocycles. The molecule has 0 aliphatic carbocycles. The Bertz CT molecular complexity index is 4300. The second kappa shape index (κ2) is 42.3. The number of carbonyl (C=O) groups is 6. The molecule has 12 nitrogen and oxygen atoms in total. The minimum Gasteiger partial charge on any atom is -0.395 e. The number of hydrogen-bond donors (Lipinski definition) is 4. The molecule has 10 aromatic carbocycles. The van der Waals surface area contributed by atoms with Crippen molar-refractivity contribution < 1.29 is 77.8 Å². The van der Waals surface area contributed by atoms with Gasteiger partial charge in [0.25, 0.3) is 5.91 Å². The van der Waals surface area contributed by atoms with E-state index in [1.54, 1.807) is 128 Å². The van der Waals surface area contributed by atoms with E-state index < -0.39 is 52.7 Å². The largest absolute Gasteiger partial charge is 0.395 e. The highest BCUT2D eigenvalue weighted by Gasteiger charge is 2.26. The molecule has 0 spiro atoms. The minimum absolute atomic E-state index is 0.0199. The molecule has 0 atom stereocenters. The number of hydrogen-bond acceptors (Lipinski definition) is 7. The van der Waals surface area contributed by atoms with Gasteiger partial charge >= 0.3 is 0 Å². The van der Waals surface area contributed by atoms with Gasteiger partial charge in [-0.25, -0.2) is 43.9 Å². The van der Waals surface area contributed by atoms with Gasteiger partial charge in [0.2, 0.25) is 29.4 Å². The Morgan fingerprint density at radius 2 is 0.594 bits per heavy atom. The van der Waals surface area contributed by atoms with Crippen LogP contribution < -0.4 is 16.8 Å². The number of halogens is 10. The van der Waals surface area contributed by atoms with E-state index in [4.69, 9.17) is 16.6 Å². The van der Waals surface area contributed by atoms with Crippen LogP contribution in [0.25, 0.3) is 0 Å². The molecule has 0 unspecified atom stereocenters. The van der Waals surface area contributed by atoms with E-state index in [9.17, 15) is 72.7 Å². The number of nitrogens with zero attached hydrogens (tertiary/aromatic N) is 2. The van der Waals surface area contributed by atoms with Crippen molar-refractivity contribution in [2.75, 3.05) is 40.3 Å². The minimum atomic E-state index is -1.06. The monoisotopic (exact) mass is 1460 g/mol. The molecule has 0 aliphatic heterocycles. The number of aliphatic hydroxyl groups is 1. The average Bonchev–Trinajstić information content (AvgIpc) is 0.851. The van der Waals surface area contributed by atoms with Crippen LogP contribution in [0.4, 0.5) is 43.9 Å². The van der Waals surface area contributed by atoms with Gasteiger partial charge < -0.3 is 31.7 Å². The van der Waals surface area contributed by atoms with Crippen LogP contribution in [-0.2, 0) is 28.8 Å². The number of ketones is 1. The van der Waals surface area contributed by atoms with E-state index in [0.717, 1.165) is 11.1 Å². The first-order valence-electron chi connectivity index (χ1n) is 33.7. The molecule has 6 N–H and O–H groups in total. The highest BCUT2D eigenvalue weighted by atomic mass is 19.2. The number of Topliss-reactive ketones (excluding diaryl/α,β-unsaturated/α-hetero) is 1. The van der Waals surface area contributed by atoms with Gasteiger partial charge in [0.1, 0.15) is 58.2 Å². The van der Waals surface area contributed by atoms with Gasteiger partial charge in [0.05, 0.1) is 6.61 Å². The van der Waals surface area contributed by atoms with Crippen molar-refractivity contribution in [3.05, 3.63) is 356 Å². The summed E-state index contributed by atoms with van der Waals surface area (Å²) in [5.74, 6) is -8.72. The summed E-state index contributed by atoms with van der Waals surface area (Å²) in [6, 6.07) is 59.3. The Labute approximate surface area is 609 Å². The molecule has 5 amide bonds. The zero-order valence-electron chi connectivity index (χ0n) is 58.6. The molecule has 106 heavy (non-hydrogen) atoms. The molecule has 0 saturated carbocycles. The maximum Gasteiger partial charge on any atom is 0.284 e. The van der Waals surface area contributed by atoms with Crippen LogP contribution in [-0.4, -0.2) is 90.6 Å². The third-order valence-corrected chi connectivity index (χ3v) is 16.8. The Morgan fingerprint density at radius 3 is 0.830 bits per heavy atom. The summed E-state index contributed by atoms with van der Waals surface area (Å²) in [6.45, 7) is 5.07. The topological polar surface area (TPSA) is 193 Å². The van der Waals surface area contributed by atoms with Crippen molar-refractivity contribution in [2.24, 2.45) is 11.5 Å². The smallest absolute Gasteiger partial charge is 0.284 e. The number of nitrogens with two attached hydrogens (primary N) is 2. The highest BCUT2D eigenvalue weighted by molar-refractivity contribution is 6.35. The SMILES string of the molecule is CCN(CC)C(=O)CC(c1cccc(F)c1)c1cccc(F)c1.CN(C)C(=O)CC(c1cccc(F)c1)c1cccc(F)c1.NC(=O)C(=O)CC(c1cccc(F)c1)c1cccc(F)c1.NC(=O)CC(c1ccc(F)cc1)c1ccc(F)cc1.O=C(CC(c1cccc(F)c1)c1cccc(F)c1)NCCO. The lowest BCUT2D eigenvalue weighted by Gasteiger charge is -2.23. The maximum atomic E-state index is 13.6. The zero-order valence-corrected chi connectivity index (χ0v) is 58.6. The van der Waals surface area contributed by atoms with Gasteiger partial charge in [0, 0.05) is 95.4 Å². The third-order valence-electron chi connectivity index (χ3n) is 16.8. The van der Waals surface area contributed by atoms with Crippen LogP contribution in [0.1, 0.15) is 131 Å². The Hall–Kier alpha value is -11.5. The maximum absolute atomic E-state index is 13.6. The van der Waals surface area contributed by atoms with E-state index in [0.29, 0.717) is 57.6 Å². The third kappa shape index (κ3) is 27.3. The molecule has 0 aliphatic rings. The van der Waals surface area contributed by atoms with E-state index in [1.165, 1.54) is 138 Å². The lowest BCUT2D eigenvalue weighted by atomic mass is 9.87. The highest BCUT2D eigenvalue weighted by Crippen LogP contribution is 2.34. The quantitative estimate of drug-likeness (QED) is 0.0323. The summed E-state index contributed by atoms with van der Waals surface area (Å²) < 4.78 is 134. The fourth-order valence-electron chi connectivity index (χ4n) is 11.5. The second-order valence-corrected chi connectivity index (χ2v) is 24.5. The molecule has 22 heteroatoms. The first kappa shape index (κ1) is 83.4. The summed E-state index contributed by atoms with van der Waals surface area (Å²) in [7, 11) is 3.33. The van der Waals surface area contributed by atoms with Crippen LogP contribution in [0.3, 0.4) is 0 Å². The van der Waals surface area contributed by atoms with Gasteiger partial charge in [-0.05, 0) is 191 Å². The standard InChI is InChI=1S/C19H21F2NO.C17H17F2NO2.C17H17F2NO.C16H13F2NO2.C15H13F2NO/c1-3-22(4-2)19(23)13-18(14-7-5-9-16(20)11-14)15-8-6-10-17(21)12-15;18-14-5-1-3-12(9-14)16(11-17(22)20-7-8-21)13-4-2-6-15(19)10-13;1-20(2)17(21)11-16(12-5-3-7-14(18)9-12)13-6-4-8-15(19)10-13;17-12-5-1-3-10(7-12)14(9-15(20)16(19)21)11-4-2-6-13(18)8-11;16-12-5-1-10(2-6-12)14(9-15(18)19)11-3-7-13(17)8-4-11/h5-12,18H,3-4,13H2,1-2H3;1-6,9-10,16,21H,7-8,11H2,(H,20,22);3-10,16H,11H2,1-2H3;1-8,14H,9H2,(H2,19,21);1-8,14H,9H2,(H2,18,19). The van der Waals surface area contributed by atoms with E-state index in [2.05, 4.69) is 5.32 Å². The summed E-state index contributed by atoms with van der Waals surface area (Å²) in [5, 5.41) is 11.3. The second-order valence-electron chi connectivity index (χ2n) is 24.5. The zero-order chi connectivity index (χ0) is 77.4. The van der Waals surface area contributed by atoms with Crippen LogP contribution >= 0.6 is 0 Å². The molecule has 0 fully saturated rings. The number of benzene rings is 10. The van der Waals surface area contributed by atoms with E-state index >= 15 is 0 Å². The van der Waals surface area contributed by atoms with Crippen molar-refractivity contribution in [2.45, 2.75) is 75.5 Å². The molecule has 554 valence electrons. The van der Waals surface area contributed by atoms with Gasteiger partial charge in [-0.15, -0.1) is 0 Å². The number of nitrogens with one attached hydrogen (secondary N) is 1. The van der Waals surface area contributed by atoms with E-state index in [-0.39, 0.29) is 116 Å². The Kier molecular flexibility index (Phi) is 33.3. The summed E-state index contributed by atoms with van der Waals surface area (Å²) in [6.07, 6.45) is 0.265. The summed E-state index contributed by atoms with van der Waals surface area (Å²) in [4.78, 5) is 73.3. The van der Waals surface area contributed by atoms with Crippen molar-refractivity contribution in [3.63, 3.8) is 0 Å². The Balaban J connectivity index is 0.000000208. The average molecular weight is 1460 g/mol. The predicted molar refractivity (Wildman–Crippen MR) is 386 cm³/mol. The molecular formula is C84H81F10N5O7. The van der Waals surface area contributed by atoms with Crippen LogP contribution in [0.5, 0.6) is 0 Å². The first-order chi connectivity index (χ1) is 50.6. The van der Waals surface area contributed by atoms with Crippen molar-refractivity contribution >= 4 is 35.3 Å². The molecule has 0 bridgehead atoms. The van der Waals surface area contributed by atoms with Gasteiger partial charge in [-0.1, -0.05) is 121 Å². The van der Waals surface area contributed by atoms with Crippen molar-refractivity contribution in [1.29, 1.82) is 0 Å². The summed E-state index contributed by atoms with van der Waals surface area (Å²) in [5.41, 5.74) is 16.6. The van der Waals surface area contributed by atoms with Crippen LogP contribution in [0, 0.1) is 58.2 Å². The van der Waals surface area contributed by atoms with Crippen molar-refractivity contribution in [1.82, 2.24) is 15.1 Å². The predicted octanol–water partition coefficient (Wildman–Crippen LogP) is 16.0. The van der Waals surface area contributed by atoms with Crippen molar-refractivity contribution in [3.8, 4) is 0 Å². The van der Waals surface area contributed by atoms with Gasteiger partial charge in [-0.2, -0.15) is 0 Å². The molecule has 10 rings (SSSR count). The van der Waals surface area contributed by atoms with Gasteiger partial charge in [0.15, 0.2) is 0 Å². The van der Waals surface area contributed by atoms with E-state index in [1.807, 2.05) is 13.8 Å². The fourth-order valence-corrected chi connectivity index (χ4v) is 11.5. The number of rotatable bonds is 25. The molecule has 10 aromatic rings. The van der Waals surface area contributed by atoms with Crippen LogP contribution in [0.2, 0.25) is 0 Å². The first-order valence-corrected chi connectivity index (χ1v) is 33.7. The normalized spacial score (nSPS) is 10.7. The number of primary amides is 2.